The minimum Gasteiger partial charge on any atom is -0.309 e. The number of benzene rings is 1. The molecule has 2 heteroatoms. The van der Waals surface area contributed by atoms with Crippen LogP contribution in [-0.4, -0.2) is 18.1 Å². The zero-order valence-corrected chi connectivity index (χ0v) is 11.7. The fourth-order valence-electron chi connectivity index (χ4n) is 1.77. The first-order valence-corrected chi connectivity index (χ1v) is 7.35. The molecule has 1 rings (SSSR count). The topological polar surface area (TPSA) is 12.0 Å². The van der Waals surface area contributed by atoms with Crippen LogP contribution in [0.15, 0.2) is 18.2 Å². The molecule has 0 saturated heterocycles. The standard InChI is InChI=1S/C14H23NS/c1-5-14(10-16-4)15-9-13-8-11(2)6-7-12(13)3/h6-8,14-15H,5,9-10H2,1-4H3. The third-order valence-electron chi connectivity index (χ3n) is 2.95. The second-order valence-electron chi connectivity index (χ2n) is 4.37. The minimum absolute atomic E-state index is 0.634. The summed E-state index contributed by atoms with van der Waals surface area (Å²) in [4.78, 5) is 0. The first-order valence-electron chi connectivity index (χ1n) is 5.95. The van der Waals surface area contributed by atoms with Crippen molar-refractivity contribution in [3.63, 3.8) is 0 Å². The molecule has 0 aliphatic heterocycles. The summed E-state index contributed by atoms with van der Waals surface area (Å²) in [5, 5.41) is 3.63. The lowest BCUT2D eigenvalue weighted by molar-refractivity contribution is 0.540. The molecule has 1 unspecified atom stereocenters. The molecule has 0 spiro atoms. The second-order valence-corrected chi connectivity index (χ2v) is 5.28. The summed E-state index contributed by atoms with van der Waals surface area (Å²) in [6.07, 6.45) is 3.37. The van der Waals surface area contributed by atoms with Gasteiger partial charge in [-0.1, -0.05) is 30.7 Å². The van der Waals surface area contributed by atoms with Gasteiger partial charge in [0.15, 0.2) is 0 Å². The Balaban J connectivity index is 2.55. The van der Waals surface area contributed by atoms with E-state index in [4.69, 9.17) is 0 Å². The van der Waals surface area contributed by atoms with Crippen molar-refractivity contribution in [2.24, 2.45) is 0 Å². The van der Waals surface area contributed by atoms with Crippen LogP contribution in [0.5, 0.6) is 0 Å². The van der Waals surface area contributed by atoms with Crippen molar-refractivity contribution in [2.75, 3.05) is 12.0 Å². The van der Waals surface area contributed by atoms with Crippen LogP contribution in [-0.2, 0) is 6.54 Å². The van der Waals surface area contributed by atoms with Crippen LogP contribution >= 0.6 is 11.8 Å². The Bertz CT molecular complexity index is 323. The van der Waals surface area contributed by atoms with E-state index in [1.807, 2.05) is 11.8 Å². The molecule has 0 fully saturated rings. The molecule has 0 aliphatic rings. The largest absolute Gasteiger partial charge is 0.309 e. The number of aryl methyl sites for hydroxylation is 2. The van der Waals surface area contributed by atoms with E-state index in [1.165, 1.54) is 28.9 Å². The maximum Gasteiger partial charge on any atom is 0.0211 e. The molecule has 0 saturated carbocycles. The van der Waals surface area contributed by atoms with Crippen LogP contribution in [0.25, 0.3) is 0 Å². The average molecular weight is 237 g/mol. The lowest BCUT2D eigenvalue weighted by Crippen LogP contribution is -2.30. The summed E-state index contributed by atoms with van der Waals surface area (Å²) >= 11 is 1.91. The second kappa shape index (κ2) is 6.97. The zero-order chi connectivity index (χ0) is 12.0. The van der Waals surface area contributed by atoms with Crippen molar-refractivity contribution < 1.29 is 0 Å². The molecule has 1 N–H and O–H groups in total. The Kier molecular flexibility index (Phi) is 5.93. The van der Waals surface area contributed by atoms with Gasteiger partial charge in [-0.3, -0.25) is 0 Å². The van der Waals surface area contributed by atoms with Crippen molar-refractivity contribution in [2.45, 2.75) is 39.8 Å². The monoisotopic (exact) mass is 237 g/mol. The van der Waals surface area contributed by atoms with Crippen LogP contribution in [0.4, 0.5) is 0 Å². The number of rotatable bonds is 6. The van der Waals surface area contributed by atoms with Crippen molar-refractivity contribution in [3.05, 3.63) is 34.9 Å². The van der Waals surface area contributed by atoms with E-state index in [0.717, 1.165) is 6.54 Å². The zero-order valence-electron chi connectivity index (χ0n) is 10.8. The van der Waals surface area contributed by atoms with Gasteiger partial charge in [-0.05, 0) is 37.7 Å². The van der Waals surface area contributed by atoms with E-state index >= 15 is 0 Å². The molecule has 1 aromatic rings. The Morgan fingerprint density at radius 3 is 2.69 bits per heavy atom. The molecule has 0 aliphatic carbocycles. The molecule has 90 valence electrons. The highest BCUT2D eigenvalue weighted by atomic mass is 32.2. The quantitative estimate of drug-likeness (QED) is 0.812. The van der Waals surface area contributed by atoms with Crippen molar-refractivity contribution in [1.82, 2.24) is 5.32 Å². The van der Waals surface area contributed by atoms with Crippen LogP contribution < -0.4 is 5.32 Å². The van der Waals surface area contributed by atoms with Crippen LogP contribution in [0.2, 0.25) is 0 Å². The van der Waals surface area contributed by atoms with E-state index in [2.05, 4.69) is 50.5 Å². The molecule has 0 amide bonds. The number of hydrogen-bond acceptors (Lipinski definition) is 2. The maximum absolute atomic E-state index is 3.63. The van der Waals surface area contributed by atoms with E-state index in [1.54, 1.807) is 0 Å². The Labute approximate surface area is 104 Å². The van der Waals surface area contributed by atoms with Gasteiger partial charge in [-0.2, -0.15) is 11.8 Å². The average Bonchev–Trinajstić information content (AvgIpc) is 2.28. The van der Waals surface area contributed by atoms with Gasteiger partial charge in [-0.25, -0.2) is 0 Å². The minimum atomic E-state index is 0.634. The molecule has 1 aromatic carbocycles. The van der Waals surface area contributed by atoms with E-state index in [0.29, 0.717) is 6.04 Å². The van der Waals surface area contributed by atoms with Gasteiger partial charge in [0.25, 0.3) is 0 Å². The molecule has 0 heterocycles. The summed E-state index contributed by atoms with van der Waals surface area (Å²) in [7, 11) is 0. The highest BCUT2D eigenvalue weighted by molar-refractivity contribution is 7.98. The normalized spacial score (nSPS) is 12.8. The SMILES string of the molecule is CCC(CSC)NCc1cc(C)ccc1C. The summed E-state index contributed by atoms with van der Waals surface area (Å²) < 4.78 is 0. The highest BCUT2D eigenvalue weighted by Gasteiger charge is 2.05. The molecule has 1 atom stereocenters. The van der Waals surface area contributed by atoms with Gasteiger partial charge in [0, 0.05) is 18.3 Å². The van der Waals surface area contributed by atoms with Gasteiger partial charge in [0.1, 0.15) is 0 Å². The highest BCUT2D eigenvalue weighted by Crippen LogP contribution is 2.11. The Morgan fingerprint density at radius 1 is 1.31 bits per heavy atom. The van der Waals surface area contributed by atoms with Crippen molar-refractivity contribution in [1.29, 1.82) is 0 Å². The lowest BCUT2D eigenvalue weighted by Gasteiger charge is -2.17. The third kappa shape index (κ3) is 4.18. The number of thioether (sulfide) groups is 1. The summed E-state index contributed by atoms with van der Waals surface area (Å²) in [6.45, 7) is 7.58. The molecular formula is C14H23NS. The predicted octanol–water partition coefficient (Wildman–Crippen LogP) is 3.53. The smallest absolute Gasteiger partial charge is 0.0211 e. The fourth-order valence-corrected chi connectivity index (χ4v) is 2.52. The Hall–Kier alpha value is -0.470. The van der Waals surface area contributed by atoms with Gasteiger partial charge in [0.05, 0.1) is 0 Å². The molecule has 0 aromatic heterocycles. The summed E-state index contributed by atoms with van der Waals surface area (Å²) in [5.41, 5.74) is 4.16. The van der Waals surface area contributed by atoms with Gasteiger partial charge in [0.2, 0.25) is 0 Å². The summed E-state index contributed by atoms with van der Waals surface area (Å²) in [5.74, 6) is 1.20. The fraction of sp³-hybridized carbons (Fsp3) is 0.571. The van der Waals surface area contributed by atoms with E-state index < -0.39 is 0 Å². The summed E-state index contributed by atoms with van der Waals surface area (Å²) in [6, 6.07) is 7.31. The van der Waals surface area contributed by atoms with Crippen LogP contribution in [0.1, 0.15) is 30.0 Å². The third-order valence-corrected chi connectivity index (χ3v) is 3.68. The van der Waals surface area contributed by atoms with Gasteiger partial charge in [-0.15, -0.1) is 0 Å². The lowest BCUT2D eigenvalue weighted by atomic mass is 10.1. The number of nitrogens with one attached hydrogen (secondary N) is 1. The molecular weight excluding hydrogens is 214 g/mol. The van der Waals surface area contributed by atoms with Crippen molar-refractivity contribution >= 4 is 11.8 Å². The molecule has 0 radical (unpaired) electrons. The van der Waals surface area contributed by atoms with E-state index in [-0.39, 0.29) is 0 Å². The number of hydrogen-bond donors (Lipinski definition) is 1. The van der Waals surface area contributed by atoms with Crippen LogP contribution in [0.3, 0.4) is 0 Å². The van der Waals surface area contributed by atoms with E-state index in [9.17, 15) is 0 Å². The molecule has 0 bridgehead atoms. The van der Waals surface area contributed by atoms with Crippen LogP contribution in [0, 0.1) is 13.8 Å². The van der Waals surface area contributed by atoms with Gasteiger partial charge >= 0.3 is 0 Å². The Morgan fingerprint density at radius 2 is 2.06 bits per heavy atom. The molecule has 16 heavy (non-hydrogen) atoms. The van der Waals surface area contributed by atoms with Gasteiger partial charge < -0.3 is 5.32 Å². The maximum atomic E-state index is 3.63. The first kappa shape index (κ1) is 13.6. The van der Waals surface area contributed by atoms with Crippen molar-refractivity contribution in [3.8, 4) is 0 Å². The molecule has 1 nitrogen and oxygen atoms in total. The first-order chi connectivity index (χ1) is 7.67. The predicted molar refractivity (Wildman–Crippen MR) is 75.2 cm³/mol.